The molecule has 228 valence electrons. The van der Waals surface area contributed by atoms with Gasteiger partial charge in [0.05, 0.1) is 17.8 Å². The monoisotopic (exact) mass is 584 g/mol. The summed E-state index contributed by atoms with van der Waals surface area (Å²) in [4.78, 5) is 56.9. The molecule has 10 heteroatoms. The Kier molecular flexibility index (Phi) is 10.1. The normalized spacial score (nSPS) is 15.3. The van der Waals surface area contributed by atoms with Crippen molar-refractivity contribution in [2.24, 2.45) is 10.8 Å². The molecule has 0 saturated carbocycles. The minimum Gasteiger partial charge on any atom is -0.344 e. The molecule has 0 unspecified atom stereocenters. The summed E-state index contributed by atoms with van der Waals surface area (Å²) in [6.07, 6.45) is 0.943. The number of hydrogen-bond donors (Lipinski definition) is 2. The van der Waals surface area contributed by atoms with E-state index in [2.05, 4.69) is 52.2 Å². The van der Waals surface area contributed by atoms with Crippen LogP contribution in [-0.4, -0.2) is 48.8 Å². The van der Waals surface area contributed by atoms with Gasteiger partial charge in [-0.2, -0.15) is 0 Å². The van der Waals surface area contributed by atoms with Crippen molar-refractivity contribution in [1.29, 1.82) is 0 Å². The maximum Gasteiger partial charge on any atom is 0.259 e. The second-order valence-corrected chi connectivity index (χ2v) is 13.3. The Morgan fingerprint density at radius 2 is 1.29 bits per heavy atom. The maximum absolute atomic E-state index is 14.0. The largest absolute Gasteiger partial charge is 0.344 e. The first-order valence-electron chi connectivity index (χ1n) is 14.2. The number of fused-ring (bicyclic) bond motifs is 1. The van der Waals surface area contributed by atoms with E-state index >= 15 is 0 Å². The number of hydrogen-bond acceptors (Lipinski definition) is 4. The SMILES string of the molecule is C[C@H](NC(=O)Cc1cc(F)cc(F)c1)C(=O)NC1C(=O)N(CCC(C)(C)C)c2ccccc2N(CCC(C)(C)C)C1=O. The maximum atomic E-state index is 14.0. The smallest absolute Gasteiger partial charge is 0.259 e. The van der Waals surface area contributed by atoms with Gasteiger partial charge < -0.3 is 20.4 Å². The summed E-state index contributed by atoms with van der Waals surface area (Å²) >= 11 is 0. The van der Waals surface area contributed by atoms with E-state index in [0.717, 1.165) is 12.1 Å². The summed E-state index contributed by atoms with van der Waals surface area (Å²) in [5, 5.41) is 5.06. The van der Waals surface area contributed by atoms with E-state index in [0.29, 0.717) is 43.4 Å². The summed E-state index contributed by atoms with van der Waals surface area (Å²) in [7, 11) is 0. The number of carbonyl (C=O) groups is 4. The summed E-state index contributed by atoms with van der Waals surface area (Å²) in [6.45, 7) is 14.4. The van der Waals surface area contributed by atoms with Crippen LogP contribution in [0.25, 0.3) is 0 Å². The number of nitrogens with zero attached hydrogens (tertiary/aromatic N) is 2. The lowest BCUT2D eigenvalue weighted by atomic mass is 9.92. The van der Waals surface area contributed by atoms with E-state index in [9.17, 15) is 28.0 Å². The zero-order valence-electron chi connectivity index (χ0n) is 25.5. The van der Waals surface area contributed by atoms with Crippen LogP contribution in [0.15, 0.2) is 42.5 Å². The third-order valence-corrected chi connectivity index (χ3v) is 7.00. The Morgan fingerprint density at radius 1 is 0.833 bits per heavy atom. The van der Waals surface area contributed by atoms with Crippen LogP contribution in [0.3, 0.4) is 0 Å². The topological polar surface area (TPSA) is 98.8 Å². The first-order valence-corrected chi connectivity index (χ1v) is 14.2. The van der Waals surface area contributed by atoms with Crippen molar-refractivity contribution in [2.45, 2.75) is 79.8 Å². The highest BCUT2D eigenvalue weighted by Crippen LogP contribution is 2.35. The molecule has 8 nitrogen and oxygen atoms in total. The van der Waals surface area contributed by atoms with Crippen molar-refractivity contribution in [2.75, 3.05) is 22.9 Å². The van der Waals surface area contributed by atoms with Crippen LogP contribution < -0.4 is 20.4 Å². The Balaban J connectivity index is 1.87. The minimum absolute atomic E-state index is 0.0976. The molecule has 2 N–H and O–H groups in total. The molecule has 0 bridgehead atoms. The Morgan fingerprint density at radius 3 is 1.71 bits per heavy atom. The van der Waals surface area contributed by atoms with Crippen molar-refractivity contribution in [3.8, 4) is 0 Å². The molecule has 0 radical (unpaired) electrons. The first kappa shape index (κ1) is 32.7. The van der Waals surface area contributed by atoms with E-state index in [1.165, 1.54) is 6.92 Å². The van der Waals surface area contributed by atoms with Crippen LogP contribution in [0.5, 0.6) is 0 Å². The molecule has 0 fully saturated rings. The second-order valence-electron chi connectivity index (χ2n) is 13.3. The molecule has 2 aromatic carbocycles. The Hall–Kier alpha value is -3.82. The number of benzene rings is 2. The summed E-state index contributed by atoms with van der Waals surface area (Å²) in [6, 6.07) is 7.35. The number of anilines is 2. The Bertz CT molecular complexity index is 1260. The van der Waals surface area contributed by atoms with Gasteiger partial charge >= 0.3 is 0 Å². The summed E-state index contributed by atoms with van der Waals surface area (Å²) in [5.74, 6) is -4.14. The fraction of sp³-hybridized carbons (Fsp3) is 0.500. The fourth-order valence-electron chi connectivity index (χ4n) is 4.58. The number of halogens is 2. The number of carbonyl (C=O) groups excluding carboxylic acids is 4. The Labute approximate surface area is 246 Å². The quantitative estimate of drug-likeness (QED) is 0.416. The van der Waals surface area contributed by atoms with Crippen molar-refractivity contribution >= 4 is 35.0 Å². The van der Waals surface area contributed by atoms with Gasteiger partial charge in [0.15, 0.2) is 6.04 Å². The molecule has 42 heavy (non-hydrogen) atoms. The number of amides is 4. The van der Waals surface area contributed by atoms with Crippen molar-refractivity contribution < 1.29 is 28.0 Å². The van der Waals surface area contributed by atoms with E-state index in [1.807, 2.05) is 12.1 Å². The molecular weight excluding hydrogens is 542 g/mol. The molecule has 1 aliphatic heterocycles. The van der Waals surface area contributed by atoms with Gasteiger partial charge in [-0.3, -0.25) is 19.2 Å². The number of nitrogens with one attached hydrogen (secondary N) is 2. The lowest BCUT2D eigenvalue weighted by Crippen LogP contribution is -2.59. The van der Waals surface area contributed by atoms with Gasteiger partial charge in [-0.15, -0.1) is 0 Å². The van der Waals surface area contributed by atoms with Crippen LogP contribution in [0.4, 0.5) is 20.2 Å². The lowest BCUT2D eigenvalue weighted by Gasteiger charge is -2.29. The van der Waals surface area contributed by atoms with Gasteiger partial charge in [-0.05, 0) is 60.4 Å². The number of rotatable bonds is 9. The van der Waals surface area contributed by atoms with E-state index in [1.54, 1.807) is 21.9 Å². The lowest BCUT2D eigenvalue weighted by molar-refractivity contribution is -0.135. The average molecular weight is 585 g/mol. The van der Waals surface area contributed by atoms with Crippen LogP contribution in [-0.2, 0) is 25.6 Å². The van der Waals surface area contributed by atoms with Crippen molar-refractivity contribution in [3.63, 3.8) is 0 Å². The van der Waals surface area contributed by atoms with Gasteiger partial charge in [-0.1, -0.05) is 53.7 Å². The fourth-order valence-corrected chi connectivity index (χ4v) is 4.58. The molecule has 2 aromatic rings. The number of para-hydroxylation sites is 2. The molecule has 1 atom stereocenters. The molecule has 0 spiro atoms. The predicted octanol–water partition coefficient (Wildman–Crippen LogP) is 4.75. The van der Waals surface area contributed by atoms with Crippen LogP contribution >= 0.6 is 0 Å². The zero-order valence-corrected chi connectivity index (χ0v) is 25.5. The first-order chi connectivity index (χ1) is 19.4. The molecule has 1 aliphatic rings. The average Bonchev–Trinajstić information content (AvgIpc) is 2.92. The van der Waals surface area contributed by atoms with Gasteiger partial charge in [0, 0.05) is 19.2 Å². The molecule has 3 rings (SSSR count). The second kappa shape index (κ2) is 13.0. The van der Waals surface area contributed by atoms with Gasteiger partial charge in [0.1, 0.15) is 17.7 Å². The highest BCUT2D eigenvalue weighted by Gasteiger charge is 2.42. The molecule has 0 saturated heterocycles. The minimum atomic E-state index is -1.51. The molecule has 0 aromatic heterocycles. The third kappa shape index (κ3) is 8.84. The molecular formula is C32H42F2N4O4. The van der Waals surface area contributed by atoms with Gasteiger partial charge in [0.25, 0.3) is 11.8 Å². The van der Waals surface area contributed by atoms with Crippen LogP contribution in [0.2, 0.25) is 0 Å². The highest BCUT2D eigenvalue weighted by molar-refractivity contribution is 6.21. The highest BCUT2D eigenvalue weighted by atomic mass is 19.1. The summed E-state index contributed by atoms with van der Waals surface area (Å²) in [5.41, 5.74) is 1.09. The van der Waals surface area contributed by atoms with Crippen LogP contribution in [0, 0.1) is 22.5 Å². The van der Waals surface area contributed by atoms with Gasteiger partial charge in [-0.25, -0.2) is 8.78 Å². The van der Waals surface area contributed by atoms with Crippen molar-refractivity contribution in [3.05, 3.63) is 59.7 Å². The van der Waals surface area contributed by atoms with Gasteiger partial charge in [0.2, 0.25) is 11.8 Å². The van der Waals surface area contributed by atoms with E-state index in [-0.39, 0.29) is 22.8 Å². The van der Waals surface area contributed by atoms with E-state index < -0.39 is 47.3 Å². The standard InChI is InChI=1S/C32H42F2N4O4/c1-20(35-26(39)18-21-16-22(33)19-23(34)17-21)28(40)36-27-29(41)37(14-12-31(2,3)4)24-10-8-9-11-25(24)38(30(27)42)15-13-32(5,6)7/h8-11,16-17,19-20,27H,12-15,18H2,1-7H3,(H,35,39)(H,36,40)/t20-/m0/s1. The molecule has 1 heterocycles. The van der Waals surface area contributed by atoms with Crippen molar-refractivity contribution in [1.82, 2.24) is 10.6 Å². The zero-order chi connectivity index (χ0) is 31.4. The van der Waals surface area contributed by atoms with Crippen LogP contribution in [0.1, 0.15) is 66.9 Å². The third-order valence-electron chi connectivity index (χ3n) is 7.00. The van der Waals surface area contributed by atoms with E-state index in [4.69, 9.17) is 0 Å². The molecule has 4 amide bonds. The predicted molar refractivity (Wildman–Crippen MR) is 159 cm³/mol. The molecule has 0 aliphatic carbocycles. The summed E-state index contributed by atoms with van der Waals surface area (Å²) < 4.78 is 27.1.